The number of carboxylic acids is 1. The van der Waals surface area contributed by atoms with Gasteiger partial charge in [-0.05, 0) is 19.3 Å². The predicted molar refractivity (Wildman–Crippen MR) is 74.2 cm³/mol. The Morgan fingerprint density at radius 2 is 2.00 bits per heavy atom. The van der Waals surface area contributed by atoms with Crippen LogP contribution in [0.1, 0.15) is 51.9 Å². The summed E-state index contributed by atoms with van der Waals surface area (Å²) in [7, 11) is 0. The van der Waals surface area contributed by atoms with Crippen LogP contribution in [-0.2, 0) is 9.53 Å². The van der Waals surface area contributed by atoms with E-state index in [1.165, 1.54) is 12.8 Å². The fourth-order valence-electron chi connectivity index (χ4n) is 3.51. The van der Waals surface area contributed by atoms with Gasteiger partial charge in [-0.2, -0.15) is 0 Å². The molecule has 1 saturated carbocycles. The van der Waals surface area contributed by atoms with Gasteiger partial charge in [-0.25, -0.2) is 0 Å². The number of rotatable bonds is 4. The lowest BCUT2D eigenvalue weighted by atomic mass is 9.79. The summed E-state index contributed by atoms with van der Waals surface area (Å²) in [5.41, 5.74) is -0.513. The fraction of sp³-hybridized carbons (Fsp3) is 0.933. The Morgan fingerprint density at radius 3 is 2.58 bits per heavy atom. The Hall–Kier alpha value is -0.610. The molecule has 19 heavy (non-hydrogen) atoms. The van der Waals surface area contributed by atoms with E-state index in [1.54, 1.807) is 0 Å². The minimum atomic E-state index is -0.587. The van der Waals surface area contributed by atoms with E-state index in [1.807, 2.05) is 0 Å². The third-order valence-corrected chi connectivity index (χ3v) is 4.84. The summed E-state index contributed by atoms with van der Waals surface area (Å²) >= 11 is 0. The minimum Gasteiger partial charge on any atom is -0.481 e. The Kier molecular flexibility index (Phi) is 5.22. The van der Waals surface area contributed by atoms with Crippen LogP contribution in [0, 0.1) is 5.41 Å². The van der Waals surface area contributed by atoms with Crippen LogP contribution in [-0.4, -0.2) is 48.3 Å². The molecule has 2 aliphatic rings. The van der Waals surface area contributed by atoms with Gasteiger partial charge in [0.15, 0.2) is 0 Å². The highest BCUT2D eigenvalue weighted by Crippen LogP contribution is 2.37. The summed E-state index contributed by atoms with van der Waals surface area (Å²) in [6, 6.07) is 0.397. The molecule has 0 amide bonds. The van der Waals surface area contributed by atoms with Crippen LogP contribution in [0.3, 0.4) is 0 Å². The van der Waals surface area contributed by atoms with Gasteiger partial charge in [-0.1, -0.05) is 32.6 Å². The van der Waals surface area contributed by atoms with Crippen LogP contribution in [0.25, 0.3) is 0 Å². The number of ether oxygens (including phenoxy) is 1. The highest BCUT2D eigenvalue weighted by Gasteiger charge is 2.41. The second kappa shape index (κ2) is 6.71. The Labute approximate surface area is 116 Å². The van der Waals surface area contributed by atoms with Crippen molar-refractivity contribution in [3.05, 3.63) is 0 Å². The van der Waals surface area contributed by atoms with Gasteiger partial charge in [0.2, 0.25) is 0 Å². The smallest absolute Gasteiger partial charge is 0.310 e. The van der Waals surface area contributed by atoms with E-state index in [2.05, 4.69) is 11.8 Å². The molecule has 2 rings (SSSR count). The molecule has 0 aromatic heterocycles. The molecule has 0 radical (unpaired) electrons. The van der Waals surface area contributed by atoms with Crippen molar-refractivity contribution in [1.82, 2.24) is 4.90 Å². The average molecular weight is 269 g/mol. The number of carbonyl (C=O) groups is 1. The second-order valence-corrected chi connectivity index (χ2v) is 6.11. The van der Waals surface area contributed by atoms with Crippen molar-refractivity contribution in [3.63, 3.8) is 0 Å². The molecular weight excluding hydrogens is 242 g/mol. The van der Waals surface area contributed by atoms with Crippen LogP contribution in [0.4, 0.5) is 0 Å². The maximum atomic E-state index is 11.8. The van der Waals surface area contributed by atoms with E-state index in [-0.39, 0.29) is 0 Å². The molecule has 1 N–H and O–H groups in total. The maximum Gasteiger partial charge on any atom is 0.310 e. The molecule has 0 aromatic rings. The van der Waals surface area contributed by atoms with Crippen LogP contribution >= 0.6 is 0 Å². The Balaban J connectivity index is 2.08. The number of hydrogen-bond donors (Lipinski definition) is 1. The van der Waals surface area contributed by atoms with Crippen LogP contribution in [0.5, 0.6) is 0 Å². The van der Waals surface area contributed by atoms with Gasteiger partial charge < -0.3 is 9.84 Å². The minimum absolute atomic E-state index is 0.397. The van der Waals surface area contributed by atoms with Crippen LogP contribution in [0.15, 0.2) is 0 Å². The van der Waals surface area contributed by atoms with Crippen molar-refractivity contribution in [2.24, 2.45) is 5.41 Å². The highest BCUT2D eigenvalue weighted by molar-refractivity contribution is 5.75. The molecule has 1 aliphatic heterocycles. The lowest BCUT2D eigenvalue weighted by Gasteiger charge is -2.41. The van der Waals surface area contributed by atoms with Gasteiger partial charge in [-0.3, -0.25) is 9.69 Å². The predicted octanol–water partition coefficient (Wildman–Crippen LogP) is 2.52. The van der Waals surface area contributed by atoms with Gasteiger partial charge >= 0.3 is 5.97 Å². The van der Waals surface area contributed by atoms with Crippen molar-refractivity contribution in [2.45, 2.75) is 57.9 Å². The van der Waals surface area contributed by atoms with E-state index >= 15 is 0 Å². The summed E-state index contributed by atoms with van der Waals surface area (Å²) in [6.45, 7) is 5.25. The summed E-state index contributed by atoms with van der Waals surface area (Å²) < 4.78 is 5.52. The molecule has 0 spiro atoms. The summed E-state index contributed by atoms with van der Waals surface area (Å²) in [5, 5.41) is 9.75. The third-order valence-electron chi connectivity index (χ3n) is 4.84. The zero-order valence-corrected chi connectivity index (χ0v) is 12.1. The SMILES string of the molecule is CCC1COCCN1CC1(C(=O)O)CCCCCC1. The molecule has 0 aromatic carbocycles. The zero-order valence-electron chi connectivity index (χ0n) is 12.1. The lowest BCUT2D eigenvalue weighted by molar-refractivity contribution is -0.153. The van der Waals surface area contributed by atoms with Gasteiger partial charge in [-0.15, -0.1) is 0 Å². The first-order chi connectivity index (χ1) is 9.18. The number of aliphatic carboxylic acids is 1. The molecule has 110 valence electrons. The normalized spacial score (nSPS) is 28.8. The standard InChI is InChI=1S/C15H27NO3/c1-2-13-11-19-10-9-16(13)12-15(14(17)18)7-5-3-4-6-8-15/h13H,2-12H2,1H3,(H,17,18). The van der Waals surface area contributed by atoms with Crippen molar-refractivity contribution in [1.29, 1.82) is 0 Å². The number of nitrogens with zero attached hydrogens (tertiary/aromatic N) is 1. The number of hydrogen-bond acceptors (Lipinski definition) is 3. The van der Waals surface area contributed by atoms with Gasteiger partial charge in [0.25, 0.3) is 0 Å². The van der Waals surface area contributed by atoms with Crippen LogP contribution in [0.2, 0.25) is 0 Å². The zero-order chi connectivity index (χ0) is 13.7. The van der Waals surface area contributed by atoms with Crippen molar-refractivity contribution in [3.8, 4) is 0 Å². The summed E-state index contributed by atoms with van der Waals surface area (Å²) in [4.78, 5) is 14.2. The largest absolute Gasteiger partial charge is 0.481 e. The Bertz CT molecular complexity index is 298. The monoisotopic (exact) mass is 269 g/mol. The molecule has 4 heteroatoms. The van der Waals surface area contributed by atoms with Crippen molar-refractivity contribution in [2.75, 3.05) is 26.3 Å². The molecule has 4 nitrogen and oxygen atoms in total. The van der Waals surface area contributed by atoms with Gasteiger partial charge in [0.05, 0.1) is 18.6 Å². The van der Waals surface area contributed by atoms with E-state index in [0.717, 1.165) is 51.9 Å². The molecule has 0 bridgehead atoms. The summed E-state index contributed by atoms with van der Waals surface area (Å²) in [5.74, 6) is -0.587. The molecule has 1 saturated heterocycles. The number of carboxylic acid groups (broad SMARTS) is 1. The first-order valence-electron chi connectivity index (χ1n) is 7.73. The molecule has 1 aliphatic carbocycles. The molecular formula is C15H27NO3. The highest BCUT2D eigenvalue weighted by atomic mass is 16.5. The van der Waals surface area contributed by atoms with Gasteiger partial charge in [0.1, 0.15) is 0 Å². The Morgan fingerprint density at radius 1 is 1.32 bits per heavy atom. The van der Waals surface area contributed by atoms with E-state index in [9.17, 15) is 9.90 Å². The van der Waals surface area contributed by atoms with Gasteiger partial charge in [0, 0.05) is 19.1 Å². The van der Waals surface area contributed by atoms with E-state index < -0.39 is 11.4 Å². The summed E-state index contributed by atoms with van der Waals surface area (Å²) in [6.07, 6.45) is 7.23. The molecule has 1 heterocycles. The van der Waals surface area contributed by atoms with Crippen molar-refractivity contribution < 1.29 is 14.6 Å². The fourth-order valence-corrected chi connectivity index (χ4v) is 3.51. The van der Waals surface area contributed by atoms with E-state index in [4.69, 9.17) is 4.74 Å². The quantitative estimate of drug-likeness (QED) is 0.797. The van der Waals surface area contributed by atoms with Crippen molar-refractivity contribution >= 4 is 5.97 Å². The number of morpholine rings is 1. The first-order valence-corrected chi connectivity index (χ1v) is 7.73. The van der Waals surface area contributed by atoms with E-state index in [0.29, 0.717) is 12.6 Å². The molecule has 1 atom stereocenters. The lowest BCUT2D eigenvalue weighted by Crippen LogP contribution is -2.52. The van der Waals surface area contributed by atoms with Crippen LogP contribution < -0.4 is 0 Å². The topological polar surface area (TPSA) is 49.8 Å². The molecule has 2 fully saturated rings. The average Bonchev–Trinajstić information content (AvgIpc) is 2.66. The maximum absolute atomic E-state index is 11.8. The molecule has 1 unspecified atom stereocenters. The first kappa shape index (κ1) is 14.8. The second-order valence-electron chi connectivity index (χ2n) is 6.11. The third kappa shape index (κ3) is 3.48.